The second kappa shape index (κ2) is 15.7. The first-order chi connectivity index (χ1) is 12.8. The molecule has 0 saturated carbocycles. The van der Waals surface area contributed by atoms with Gasteiger partial charge in [0, 0.05) is 29.6 Å². The van der Waals surface area contributed by atoms with E-state index >= 15 is 0 Å². The summed E-state index contributed by atoms with van der Waals surface area (Å²) < 4.78 is 46.6. The third-order valence-corrected chi connectivity index (χ3v) is 5.20. The Labute approximate surface area is 192 Å². The average Bonchev–Trinajstić information content (AvgIpc) is 2.62. The molecule has 8 heteroatoms. The fourth-order valence-electron chi connectivity index (χ4n) is 2.61. The number of ether oxygens (including phenoxy) is 3. The molecule has 0 bridgehead atoms. The first kappa shape index (κ1) is 27.8. The summed E-state index contributed by atoms with van der Waals surface area (Å²) in [6, 6.07) is 8.07. The number of hydrogen-bond acceptors (Lipinski definition) is 5. The second-order valence-electron chi connectivity index (χ2n) is 6.67. The predicted molar refractivity (Wildman–Crippen MR) is 112 cm³/mol. The first-order valence-electron chi connectivity index (χ1n) is 9.78. The first-order valence-corrected chi connectivity index (χ1v) is 11.3. The van der Waals surface area contributed by atoms with Crippen molar-refractivity contribution in [2.75, 3.05) is 13.2 Å². The van der Waals surface area contributed by atoms with Crippen LogP contribution in [0.2, 0.25) is 0 Å². The van der Waals surface area contributed by atoms with Crippen molar-refractivity contribution in [3.8, 4) is 5.75 Å². The third kappa shape index (κ3) is 13.1. The molecule has 28 heavy (non-hydrogen) atoms. The van der Waals surface area contributed by atoms with E-state index in [0.29, 0.717) is 6.61 Å². The maximum absolute atomic E-state index is 10.9. The number of benzene rings is 1. The van der Waals surface area contributed by atoms with Crippen LogP contribution in [0.3, 0.4) is 0 Å². The van der Waals surface area contributed by atoms with E-state index in [9.17, 15) is 8.42 Å². The minimum absolute atomic E-state index is 0. The van der Waals surface area contributed by atoms with Crippen LogP contribution >= 0.6 is 0 Å². The van der Waals surface area contributed by atoms with Crippen LogP contribution in [0.4, 0.5) is 0 Å². The average molecular weight is 426 g/mol. The van der Waals surface area contributed by atoms with Gasteiger partial charge in [-0.2, -0.15) is 8.42 Å². The SMILES string of the molecule is CCCCCCCCc1ccc(OCCOC(C)OC(C)S(=O)(=O)O)cc1.[Na]. The largest absolute Gasteiger partial charge is 0.491 e. The van der Waals surface area contributed by atoms with Gasteiger partial charge in [0.15, 0.2) is 11.7 Å². The Morgan fingerprint density at radius 2 is 1.57 bits per heavy atom. The van der Waals surface area contributed by atoms with E-state index in [2.05, 4.69) is 19.1 Å². The van der Waals surface area contributed by atoms with Crippen molar-refractivity contribution in [3.63, 3.8) is 0 Å². The van der Waals surface area contributed by atoms with E-state index in [-0.39, 0.29) is 36.2 Å². The van der Waals surface area contributed by atoms with Gasteiger partial charge in [0.2, 0.25) is 0 Å². The standard InChI is InChI=1S/C20H34O6S.Na/c1-4-5-6-7-8-9-10-19-11-13-20(14-12-19)25-16-15-24-17(2)26-18(3)27(21,22)23;/h11-14,17-18H,4-10,15-16H2,1-3H3,(H,21,22,23);. The van der Waals surface area contributed by atoms with Gasteiger partial charge >= 0.3 is 0 Å². The quantitative estimate of drug-likeness (QED) is 0.196. The van der Waals surface area contributed by atoms with E-state index in [1.165, 1.54) is 51.0 Å². The Morgan fingerprint density at radius 1 is 0.964 bits per heavy atom. The van der Waals surface area contributed by atoms with Crippen molar-refractivity contribution >= 4 is 39.7 Å². The van der Waals surface area contributed by atoms with E-state index in [1.54, 1.807) is 6.92 Å². The predicted octanol–water partition coefficient (Wildman–Crippen LogP) is 4.20. The summed E-state index contributed by atoms with van der Waals surface area (Å²) in [7, 11) is -4.22. The Morgan fingerprint density at radius 3 is 2.18 bits per heavy atom. The molecule has 0 aromatic heterocycles. The number of rotatable bonds is 15. The van der Waals surface area contributed by atoms with Gasteiger partial charge in [-0.05, 0) is 44.4 Å². The minimum atomic E-state index is -4.22. The van der Waals surface area contributed by atoms with Gasteiger partial charge < -0.3 is 14.2 Å². The molecule has 1 N–H and O–H groups in total. The molecular formula is C20H34NaO6S. The Kier molecular flexibility index (Phi) is 15.6. The van der Waals surface area contributed by atoms with Gasteiger partial charge in [-0.3, -0.25) is 4.55 Å². The van der Waals surface area contributed by atoms with Gasteiger partial charge in [0.1, 0.15) is 12.4 Å². The zero-order valence-corrected chi connectivity index (χ0v) is 20.5. The maximum Gasteiger partial charge on any atom is 0.292 e. The van der Waals surface area contributed by atoms with Gasteiger partial charge in [0.25, 0.3) is 10.1 Å². The molecule has 0 fully saturated rings. The Hall–Kier alpha value is -0.150. The van der Waals surface area contributed by atoms with Crippen molar-refractivity contribution in [3.05, 3.63) is 29.8 Å². The molecule has 0 amide bonds. The summed E-state index contributed by atoms with van der Waals surface area (Å²) in [6.45, 7) is 5.62. The molecular weight excluding hydrogens is 391 g/mol. The normalized spacial score (nSPS) is 13.6. The number of hydrogen-bond donors (Lipinski definition) is 1. The van der Waals surface area contributed by atoms with Crippen LogP contribution in [0.25, 0.3) is 0 Å². The number of aryl methyl sites for hydroxylation is 1. The summed E-state index contributed by atoms with van der Waals surface area (Å²) in [5, 5.41) is 0. The van der Waals surface area contributed by atoms with Crippen LogP contribution in [0, 0.1) is 0 Å². The molecule has 0 aliphatic rings. The zero-order chi connectivity index (χ0) is 20.1. The molecule has 0 spiro atoms. The molecule has 157 valence electrons. The summed E-state index contributed by atoms with van der Waals surface area (Å²) in [4.78, 5) is 0. The molecule has 0 heterocycles. The van der Waals surface area contributed by atoms with Gasteiger partial charge in [-0.15, -0.1) is 0 Å². The topological polar surface area (TPSA) is 82.1 Å². The van der Waals surface area contributed by atoms with Gasteiger partial charge in [-0.25, -0.2) is 0 Å². The van der Waals surface area contributed by atoms with Crippen molar-refractivity contribution < 1.29 is 27.2 Å². The van der Waals surface area contributed by atoms with Crippen LogP contribution in [-0.4, -0.2) is 67.5 Å². The molecule has 2 atom stereocenters. The third-order valence-electron chi connectivity index (χ3n) is 4.25. The molecule has 0 saturated heterocycles. The molecule has 0 aliphatic carbocycles. The smallest absolute Gasteiger partial charge is 0.292 e. The summed E-state index contributed by atoms with van der Waals surface area (Å²) in [6.07, 6.45) is 8.11. The summed E-state index contributed by atoms with van der Waals surface area (Å²) in [5.41, 5.74) is -0.0112. The molecule has 1 radical (unpaired) electrons. The molecule has 1 aromatic carbocycles. The van der Waals surface area contributed by atoms with Crippen LogP contribution in [0.15, 0.2) is 24.3 Å². The minimum Gasteiger partial charge on any atom is -0.491 e. The summed E-state index contributed by atoms with van der Waals surface area (Å²) >= 11 is 0. The van der Waals surface area contributed by atoms with Gasteiger partial charge in [-0.1, -0.05) is 51.2 Å². The van der Waals surface area contributed by atoms with E-state index in [0.717, 1.165) is 12.2 Å². The second-order valence-corrected chi connectivity index (χ2v) is 8.36. The molecule has 1 aromatic rings. The summed E-state index contributed by atoms with van der Waals surface area (Å²) in [5.74, 6) is 0.769. The number of unbranched alkanes of at least 4 members (excludes halogenated alkanes) is 5. The van der Waals surface area contributed by atoms with Crippen LogP contribution in [0.1, 0.15) is 64.9 Å². The van der Waals surface area contributed by atoms with Crippen molar-refractivity contribution in [2.45, 2.75) is 77.4 Å². The van der Waals surface area contributed by atoms with E-state index < -0.39 is 21.8 Å². The maximum atomic E-state index is 10.9. The molecule has 0 aliphatic heterocycles. The van der Waals surface area contributed by atoms with Gasteiger partial charge in [0.05, 0.1) is 6.61 Å². The van der Waals surface area contributed by atoms with Crippen LogP contribution < -0.4 is 4.74 Å². The zero-order valence-electron chi connectivity index (χ0n) is 17.7. The monoisotopic (exact) mass is 425 g/mol. The fraction of sp³-hybridized carbons (Fsp3) is 0.700. The molecule has 2 unspecified atom stereocenters. The molecule has 6 nitrogen and oxygen atoms in total. The van der Waals surface area contributed by atoms with E-state index in [1.807, 2.05) is 12.1 Å². The fourth-order valence-corrected chi connectivity index (χ4v) is 2.91. The Balaban J connectivity index is 0.00000729. The van der Waals surface area contributed by atoms with Crippen molar-refractivity contribution in [2.24, 2.45) is 0 Å². The van der Waals surface area contributed by atoms with Crippen LogP contribution in [-0.2, 0) is 26.0 Å². The molecule has 1 rings (SSSR count). The van der Waals surface area contributed by atoms with Crippen LogP contribution in [0.5, 0.6) is 5.75 Å². The van der Waals surface area contributed by atoms with Crippen molar-refractivity contribution in [1.29, 1.82) is 0 Å². The van der Waals surface area contributed by atoms with Crippen molar-refractivity contribution in [1.82, 2.24) is 0 Å². The Bertz CT molecular complexity index is 606. The van der Waals surface area contributed by atoms with E-state index in [4.69, 9.17) is 18.8 Å².